The van der Waals surface area contributed by atoms with Crippen molar-refractivity contribution in [2.75, 3.05) is 11.9 Å². The number of carbonyl (C=O) groups excluding carboxylic acids is 2. The standard InChI is InChI=1S/C21H26N2O2/c1-2-3-16-22-21(25)18-12-14-19(15-13-18)23-20(24)11-7-10-17-8-5-4-6-9-17/h4-6,8-9,12-15H,2-3,7,10-11,16H2,1H3,(H,22,25)(H,23,24). The molecule has 0 atom stereocenters. The molecular weight excluding hydrogens is 312 g/mol. The predicted molar refractivity (Wildman–Crippen MR) is 102 cm³/mol. The van der Waals surface area contributed by atoms with E-state index in [4.69, 9.17) is 0 Å². The molecule has 0 saturated heterocycles. The van der Waals surface area contributed by atoms with Crippen molar-refractivity contribution in [1.29, 1.82) is 0 Å². The van der Waals surface area contributed by atoms with Gasteiger partial charge in [-0.05, 0) is 49.1 Å². The van der Waals surface area contributed by atoms with E-state index in [1.165, 1.54) is 5.56 Å². The lowest BCUT2D eigenvalue weighted by Crippen LogP contribution is -2.24. The fourth-order valence-electron chi connectivity index (χ4n) is 2.51. The van der Waals surface area contributed by atoms with Crippen LogP contribution in [0.3, 0.4) is 0 Å². The smallest absolute Gasteiger partial charge is 0.251 e. The third-order valence-corrected chi connectivity index (χ3v) is 3.96. The first-order valence-corrected chi connectivity index (χ1v) is 8.91. The summed E-state index contributed by atoms with van der Waals surface area (Å²) in [6.45, 7) is 2.78. The van der Waals surface area contributed by atoms with Crippen molar-refractivity contribution >= 4 is 17.5 Å². The van der Waals surface area contributed by atoms with Crippen LogP contribution in [0.2, 0.25) is 0 Å². The van der Waals surface area contributed by atoms with Gasteiger partial charge in [0.2, 0.25) is 5.91 Å². The van der Waals surface area contributed by atoms with Gasteiger partial charge in [0, 0.05) is 24.2 Å². The first kappa shape index (κ1) is 18.7. The van der Waals surface area contributed by atoms with Gasteiger partial charge >= 0.3 is 0 Å². The molecule has 4 heteroatoms. The van der Waals surface area contributed by atoms with E-state index in [1.54, 1.807) is 24.3 Å². The maximum absolute atomic E-state index is 12.0. The summed E-state index contributed by atoms with van der Waals surface area (Å²) in [4.78, 5) is 23.9. The molecular formula is C21H26N2O2. The molecule has 25 heavy (non-hydrogen) atoms. The topological polar surface area (TPSA) is 58.2 Å². The minimum absolute atomic E-state index is 0.00363. The zero-order chi connectivity index (χ0) is 17.9. The maximum Gasteiger partial charge on any atom is 0.251 e. The number of hydrogen-bond donors (Lipinski definition) is 2. The normalized spacial score (nSPS) is 10.3. The van der Waals surface area contributed by atoms with Gasteiger partial charge in [0.15, 0.2) is 0 Å². The van der Waals surface area contributed by atoms with Crippen molar-refractivity contribution in [3.8, 4) is 0 Å². The van der Waals surface area contributed by atoms with E-state index >= 15 is 0 Å². The number of benzene rings is 2. The van der Waals surface area contributed by atoms with Crippen molar-refractivity contribution in [2.24, 2.45) is 0 Å². The number of rotatable bonds is 9. The average Bonchev–Trinajstić information content (AvgIpc) is 2.63. The van der Waals surface area contributed by atoms with Gasteiger partial charge in [-0.3, -0.25) is 9.59 Å². The van der Waals surface area contributed by atoms with Crippen LogP contribution >= 0.6 is 0 Å². The molecule has 0 saturated carbocycles. The number of aryl methyl sites for hydroxylation is 1. The van der Waals surface area contributed by atoms with Gasteiger partial charge in [-0.15, -0.1) is 0 Å². The lowest BCUT2D eigenvalue weighted by molar-refractivity contribution is -0.116. The van der Waals surface area contributed by atoms with E-state index in [0.717, 1.165) is 31.4 Å². The van der Waals surface area contributed by atoms with Crippen molar-refractivity contribution in [3.05, 3.63) is 65.7 Å². The fourth-order valence-corrected chi connectivity index (χ4v) is 2.51. The Balaban J connectivity index is 1.74. The van der Waals surface area contributed by atoms with Gasteiger partial charge in [0.25, 0.3) is 5.91 Å². The molecule has 2 amide bonds. The van der Waals surface area contributed by atoms with Crippen LogP contribution in [0.15, 0.2) is 54.6 Å². The summed E-state index contributed by atoms with van der Waals surface area (Å²) in [5.74, 6) is -0.0785. The summed E-state index contributed by atoms with van der Waals surface area (Å²) in [7, 11) is 0. The summed E-state index contributed by atoms with van der Waals surface area (Å²) in [6.07, 6.45) is 4.21. The lowest BCUT2D eigenvalue weighted by Gasteiger charge is -2.07. The second-order valence-corrected chi connectivity index (χ2v) is 6.07. The summed E-state index contributed by atoms with van der Waals surface area (Å²) >= 11 is 0. The average molecular weight is 338 g/mol. The van der Waals surface area contributed by atoms with E-state index in [1.807, 2.05) is 18.2 Å². The molecule has 0 bridgehead atoms. The first-order valence-electron chi connectivity index (χ1n) is 8.91. The third-order valence-electron chi connectivity index (χ3n) is 3.96. The molecule has 0 spiro atoms. The SMILES string of the molecule is CCCCNC(=O)c1ccc(NC(=O)CCCc2ccccc2)cc1. The molecule has 2 rings (SSSR count). The molecule has 0 aliphatic rings. The molecule has 0 unspecified atom stereocenters. The largest absolute Gasteiger partial charge is 0.352 e. The quantitative estimate of drug-likeness (QED) is 0.674. The van der Waals surface area contributed by atoms with Crippen LogP contribution in [0.25, 0.3) is 0 Å². The Labute approximate surface area is 149 Å². The highest BCUT2D eigenvalue weighted by atomic mass is 16.2. The van der Waals surface area contributed by atoms with Crippen molar-refractivity contribution in [3.63, 3.8) is 0 Å². The van der Waals surface area contributed by atoms with Gasteiger partial charge in [-0.25, -0.2) is 0 Å². The van der Waals surface area contributed by atoms with E-state index in [0.29, 0.717) is 18.5 Å². The molecule has 0 radical (unpaired) electrons. The van der Waals surface area contributed by atoms with E-state index in [2.05, 4.69) is 29.7 Å². The predicted octanol–water partition coefficient (Wildman–Crippen LogP) is 4.18. The Bertz CT molecular complexity index is 666. The van der Waals surface area contributed by atoms with E-state index in [-0.39, 0.29) is 11.8 Å². The number of anilines is 1. The minimum atomic E-state index is -0.0748. The highest BCUT2D eigenvalue weighted by molar-refractivity contribution is 5.95. The molecule has 132 valence electrons. The second kappa shape index (κ2) is 10.3. The molecule has 0 fully saturated rings. The van der Waals surface area contributed by atoms with E-state index in [9.17, 15) is 9.59 Å². The molecule has 2 aromatic carbocycles. The monoisotopic (exact) mass is 338 g/mol. The third kappa shape index (κ3) is 6.79. The molecule has 0 aliphatic carbocycles. The summed E-state index contributed by atoms with van der Waals surface area (Å²) in [6, 6.07) is 17.2. The van der Waals surface area contributed by atoms with Gasteiger partial charge in [-0.2, -0.15) is 0 Å². The maximum atomic E-state index is 12.0. The summed E-state index contributed by atoms with van der Waals surface area (Å²) < 4.78 is 0. The summed E-state index contributed by atoms with van der Waals surface area (Å²) in [5.41, 5.74) is 2.57. The van der Waals surface area contributed by atoms with Crippen molar-refractivity contribution in [1.82, 2.24) is 5.32 Å². The highest BCUT2D eigenvalue weighted by Gasteiger charge is 2.06. The number of carbonyl (C=O) groups is 2. The molecule has 2 N–H and O–H groups in total. The Morgan fingerprint density at radius 2 is 1.64 bits per heavy atom. The van der Waals surface area contributed by atoms with Crippen LogP contribution in [-0.4, -0.2) is 18.4 Å². The molecule has 0 heterocycles. The molecule has 0 aromatic heterocycles. The number of nitrogens with one attached hydrogen (secondary N) is 2. The van der Waals surface area contributed by atoms with Gasteiger partial charge < -0.3 is 10.6 Å². The Hall–Kier alpha value is -2.62. The van der Waals surface area contributed by atoms with Crippen LogP contribution < -0.4 is 10.6 Å². The molecule has 0 aliphatic heterocycles. The molecule has 4 nitrogen and oxygen atoms in total. The van der Waals surface area contributed by atoms with Crippen LogP contribution in [0, 0.1) is 0 Å². The Morgan fingerprint density at radius 1 is 0.920 bits per heavy atom. The Morgan fingerprint density at radius 3 is 2.32 bits per heavy atom. The van der Waals surface area contributed by atoms with Crippen LogP contribution in [0.1, 0.15) is 48.5 Å². The first-order chi connectivity index (χ1) is 12.2. The number of amides is 2. The van der Waals surface area contributed by atoms with Gasteiger partial charge in [0.05, 0.1) is 0 Å². The van der Waals surface area contributed by atoms with Crippen LogP contribution in [0.4, 0.5) is 5.69 Å². The zero-order valence-corrected chi connectivity index (χ0v) is 14.8. The molecule has 2 aromatic rings. The minimum Gasteiger partial charge on any atom is -0.352 e. The van der Waals surface area contributed by atoms with Gasteiger partial charge in [-0.1, -0.05) is 43.7 Å². The number of unbranched alkanes of at least 4 members (excludes halogenated alkanes) is 1. The zero-order valence-electron chi connectivity index (χ0n) is 14.8. The highest BCUT2D eigenvalue weighted by Crippen LogP contribution is 2.11. The number of hydrogen-bond acceptors (Lipinski definition) is 2. The second-order valence-electron chi connectivity index (χ2n) is 6.07. The van der Waals surface area contributed by atoms with E-state index < -0.39 is 0 Å². The fraction of sp³-hybridized carbons (Fsp3) is 0.333. The van der Waals surface area contributed by atoms with Crippen molar-refractivity contribution < 1.29 is 9.59 Å². The van der Waals surface area contributed by atoms with Crippen molar-refractivity contribution in [2.45, 2.75) is 39.0 Å². The van der Waals surface area contributed by atoms with Gasteiger partial charge in [0.1, 0.15) is 0 Å². The van der Waals surface area contributed by atoms with Crippen LogP contribution in [-0.2, 0) is 11.2 Å². The summed E-state index contributed by atoms with van der Waals surface area (Å²) in [5, 5.41) is 5.75. The van der Waals surface area contributed by atoms with Crippen LogP contribution in [0.5, 0.6) is 0 Å². The lowest BCUT2D eigenvalue weighted by atomic mass is 10.1. The Kier molecular flexibility index (Phi) is 7.70.